The molecule has 41 heavy (non-hydrogen) atoms. The third-order valence-corrected chi connectivity index (χ3v) is 8.16. The van der Waals surface area contributed by atoms with E-state index in [-0.39, 0.29) is 19.6 Å². The highest BCUT2D eigenvalue weighted by molar-refractivity contribution is 7.47. The van der Waals surface area contributed by atoms with Gasteiger partial charge in [-0.2, -0.15) is 0 Å². The molecule has 1 amide bonds. The van der Waals surface area contributed by atoms with Crippen LogP contribution in [0.5, 0.6) is 0 Å². The standard InChI is InChI=1S/C31H63N2O7P/c1-3-5-7-9-11-12-13-14-15-17-19-21-23-30(35)29(27-40-41(37,38)39-25-24-32)33-31(36)26-28(34)22-20-18-16-10-8-6-4-2/h18,20,28-30,34-35H,3-17,19,21-27,32H2,1-2H3,(H,33,36)(H,37,38)/b20-18-. The van der Waals surface area contributed by atoms with Gasteiger partial charge in [-0.25, -0.2) is 4.57 Å². The molecule has 0 aliphatic rings. The predicted molar refractivity (Wildman–Crippen MR) is 168 cm³/mol. The van der Waals surface area contributed by atoms with Gasteiger partial charge in [-0.05, 0) is 25.7 Å². The molecule has 0 aromatic heterocycles. The molecule has 0 aliphatic heterocycles. The van der Waals surface area contributed by atoms with Crippen LogP contribution in [-0.4, -0.2) is 59.0 Å². The van der Waals surface area contributed by atoms with Crippen molar-refractivity contribution in [1.82, 2.24) is 5.32 Å². The first-order valence-electron chi connectivity index (χ1n) is 16.4. The van der Waals surface area contributed by atoms with E-state index in [0.717, 1.165) is 32.1 Å². The molecule has 0 heterocycles. The number of aliphatic hydroxyl groups excluding tert-OH is 2. The maximum Gasteiger partial charge on any atom is 0.472 e. The lowest BCUT2D eigenvalue weighted by molar-refractivity contribution is -0.125. The average molecular weight is 607 g/mol. The molecule has 0 aromatic rings. The molecular weight excluding hydrogens is 543 g/mol. The van der Waals surface area contributed by atoms with E-state index in [9.17, 15) is 24.5 Å². The highest BCUT2D eigenvalue weighted by atomic mass is 31.2. The van der Waals surface area contributed by atoms with E-state index in [1.807, 2.05) is 12.2 Å². The van der Waals surface area contributed by atoms with Gasteiger partial charge in [0.25, 0.3) is 0 Å². The first kappa shape index (κ1) is 40.2. The van der Waals surface area contributed by atoms with E-state index in [4.69, 9.17) is 14.8 Å². The number of unbranched alkanes of at least 4 members (excludes halogenated alkanes) is 15. The summed E-state index contributed by atoms with van der Waals surface area (Å²) in [7, 11) is -4.36. The second-order valence-corrected chi connectivity index (χ2v) is 12.7. The monoisotopic (exact) mass is 606 g/mol. The third-order valence-electron chi connectivity index (χ3n) is 7.17. The summed E-state index contributed by atoms with van der Waals surface area (Å²) in [5.41, 5.74) is 5.32. The number of phosphoric acid groups is 1. The van der Waals surface area contributed by atoms with E-state index >= 15 is 0 Å². The average Bonchev–Trinajstić information content (AvgIpc) is 2.94. The van der Waals surface area contributed by atoms with Crippen LogP contribution in [-0.2, 0) is 18.4 Å². The summed E-state index contributed by atoms with van der Waals surface area (Å²) in [6, 6.07) is -0.904. The lowest BCUT2D eigenvalue weighted by atomic mass is 10.0. The Morgan fingerprint density at radius 1 is 0.829 bits per heavy atom. The minimum atomic E-state index is -4.36. The lowest BCUT2D eigenvalue weighted by Crippen LogP contribution is -2.47. The van der Waals surface area contributed by atoms with Gasteiger partial charge in [-0.3, -0.25) is 13.8 Å². The van der Waals surface area contributed by atoms with Gasteiger partial charge in [-0.1, -0.05) is 122 Å². The number of phosphoric ester groups is 1. The molecule has 0 fully saturated rings. The number of allylic oxidation sites excluding steroid dienone is 1. The smallest absolute Gasteiger partial charge is 0.392 e. The number of hydrogen-bond donors (Lipinski definition) is 5. The topological polar surface area (TPSA) is 151 Å². The number of carbonyl (C=O) groups excluding carboxylic acids is 1. The van der Waals surface area contributed by atoms with E-state index in [1.54, 1.807) is 0 Å². The van der Waals surface area contributed by atoms with Crippen LogP contribution >= 0.6 is 7.82 Å². The van der Waals surface area contributed by atoms with Crippen molar-refractivity contribution in [1.29, 1.82) is 0 Å². The zero-order valence-electron chi connectivity index (χ0n) is 26.1. The van der Waals surface area contributed by atoms with Crippen molar-refractivity contribution >= 4 is 13.7 Å². The van der Waals surface area contributed by atoms with E-state index in [1.165, 1.54) is 77.0 Å². The Bertz CT molecular complexity index is 681. The quantitative estimate of drug-likeness (QED) is 0.0345. The van der Waals surface area contributed by atoms with Crippen LogP contribution in [0.2, 0.25) is 0 Å². The molecule has 0 radical (unpaired) electrons. The highest BCUT2D eigenvalue weighted by Gasteiger charge is 2.28. The SMILES string of the molecule is CCCCCC/C=C\CC(O)CC(=O)NC(COP(=O)(O)OCCN)C(O)CCCCCCCCCCCCCC. The van der Waals surface area contributed by atoms with Crippen LogP contribution in [0, 0.1) is 0 Å². The van der Waals surface area contributed by atoms with Crippen LogP contribution in [0.1, 0.15) is 142 Å². The molecule has 0 spiro atoms. The van der Waals surface area contributed by atoms with Crippen LogP contribution in [0.4, 0.5) is 0 Å². The molecular formula is C31H63N2O7P. The summed E-state index contributed by atoms with van der Waals surface area (Å²) in [6.07, 6.45) is 22.9. The number of rotatable bonds is 30. The summed E-state index contributed by atoms with van der Waals surface area (Å²) in [5.74, 6) is -0.452. The summed E-state index contributed by atoms with van der Waals surface area (Å²) in [5, 5.41) is 23.7. The zero-order chi connectivity index (χ0) is 30.6. The zero-order valence-corrected chi connectivity index (χ0v) is 27.0. The Hall–Kier alpha value is -0.800. The van der Waals surface area contributed by atoms with E-state index < -0.39 is 38.6 Å². The first-order chi connectivity index (χ1) is 19.8. The van der Waals surface area contributed by atoms with Crippen molar-refractivity contribution in [2.45, 2.75) is 161 Å². The Labute approximate surface area is 250 Å². The van der Waals surface area contributed by atoms with Gasteiger partial charge in [0.1, 0.15) is 0 Å². The van der Waals surface area contributed by atoms with Crippen molar-refractivity contribution in [2.24, 2.45) is 5.73 Å². The van der Waals surface area contributed by atoms with Gasteiger partial charge >= 0.3 is 7.82 Å². The van der Waals surface area contributed by atoms with Crippen molar-refractivity contribution in [3.8, 4) is 0 Å². The number of nitrogens with one attached hydrogen (secondary N) is 1. The summed E-state index contributed by atoms with van der Waals surface area (Å²) >= 11 is 0. The van der Waals surface area contributed by atoms with Crippen LogP contribution in [0.3, 0.4) is 0 Å². The highest BCUT2D eigenvalue weighted by Crippen LogP contribution is 2.43. The van der Waals surface area contributed by atoms with Gasteiger partial charge in [0, 0.05) is 6.54 Å². The first-order valence-corrected chi connectivity index (χ1v) is 17.9. The Kier molecular flexibility index (Phi) is 27.5. The van der Waals surface area contributed by atoms with Gasteiger partial charge in [-0.15, -0.1) is 0 Å². The molecule has 6 N–H and O–H groups in total. The van der Waals surface area contributed by atoms with Crippen LogP contribution < -0.4 is 11.1 Å². The molecule has 0 aromatic carbocycles. The van der Waals surface area contributed by atoms with Gasteiger partial charge in [0.15, 0.2) is 0 Å². The molecule has 0 saturated heterocycles. The van der Waals surface area contributed by atoms with Crippen molar-refractivity contribution < 1.29 is 33.5 Å². The Balaban J connectivity index is 4.52. The molecule has 10 heteroatoms. The van der Waals surface area contributed by atoms with Crippen molar-refractivity contribution in [3.05, 3.63) is 12.2 Å². The number of nitrogens with two attached hydrogens (primary N) is 1. The molecule has 0 bridgehead atoms. The fourth-order valence-corrected chi connectivity index (χ4v) is 5.41. The minimum absolute atomic E-state index is 0.0563. The number of aliphatic hydroxyl groups is 2. The lowest BCUT2D eigenvalue weighted by Gasteiger charge is -2.25. The van der Waals surface area contributed by atoms with Crippen LogP contribution in [0.15, 0.2) is 12.2 Å². The van der Waals surface area contributed by atoms with E-state index in [2.05, 4.69) is 19.2 Å². The number of carbonyl (C=O) groups is 1. The molecule has 4 atom stereocenters. The minimum Gasteiger partial charge on any atom is -0.392 e. The molecule has 244 valence electrons. The van der Waals surface area contributed by atoms with Gasteiger partial charge < -0.3 is 26.2 Å². The maximum atomic E-state index is 12.6. The molecule has 0 saturated carbocycles. The largest absolute Gasteiger partial charge is 0.472 e. The normalized spacial score (nSPS) is 15.6. The van der Waals surface area contributed by atoms with E-state index in [0.29, 0.717) is 12.8 Å². The number of hydrogen-bond acceptors (Lipinski definition) is 7. The fraction of sp³-hybridized carbons (Fsp3) is 0.903. The summed E-state index contributed by atoms with van der Waals surface area (Å²) in [6.45, 7) is 3.92. The predicted octanol–water partition coefficient (Wildman–Crippen LogP) is 6.68. The number of amides is 1. The van der Waals surface area contributed by atoms with Crippen molar-refractivity contribution in [2.75, 3.05) is 19.8 Å². The van der Waals surface area contributed by atoms with Crippen LogP contribution in [0.25, 0.3) is 0 Å². The van der Waals surface area contributed by atoms with Gasteiger partial charge in [0.2, 0.25) is 5.91 Å². The third kappa shape index (κ3) is 26.6. The van der Waals surface area contributed by atoms with Crippen molar-refractivity contribution in [3.63, 3.8) is 0 Å². The molecule has 0 aliphatic carbocycles. The molecule has 9 nitrogen and oxygen atoms in total. The second-order valence-electron chi connectivity index (χ2n) is 11.2. The fourth-order valence-electron chi connectivity index (χ4n) is 4.65. The van der Waals surface area contributed by atoms with Gasteiger partial charge in [0.05, 0.1) is 37.9 Å². The summed E-state index contributed by atoms with van der Waals surface area (Å²) in [4.78, 5) is 22.5. The summed E-state index contributed by atoms with van der Waals surface area (Å²) < 4.78 is 21.9. The molecule has 0 rings (SSSR count). The Morgan fingerprint density at radius 3 is 1.93 bits per heavy atom. The second kappa shape index (κ2) is 28.0. The Morgan fingerprint density at radius 2 is 1.37 bits per heavy atom. The molecule has 4 unspecified atom stereocenters. The maximum absolute atomic E-state index is 12.6.